The van der Waals surface area contributed by atoms with E-state index >= 15 is 0 Å². The summed E-state index contributed by atoms with van der Waals surface area (Å²) in [6.45, 7) is 2.13. The van der Waals surface area contributed by atoms with Crippen LogP contribution < -0.4 is 5.32 Å². The van der Waals surface area contributed by atoms with Crippen molar-refractivity contribution in [1.29, 1.82) is 0 Å². The van der Waals surface area contributed by atoms with Crippen molar-refractivity contribution in [3.8, 4) is 0 Å². The molecule has 4 nitrogen and oxygen atoms in total. The summed E-state index contributed by atoms with van der Waals surface area (Å²) in [5.41, 5.74) is 0.141. The minimum Gasteiger partial charge on any atom is -0.380 e. The Hall–Kier alpha value is -1.01. The van der Waals surface area contributed by atoms with Gasteiger partial charge in [-0.1, -0.05) is 6.92 Å². The van der Waals surface area contributed by atoms with Crippen LogP contribution >= 0.6 is 0 Å². The molecule has 0 aliphatic carbocycles. The molecule has 90 valence electrons. The first kappa shape index (κ1) is 11.5. The number of nitrogens with zero attached hydrogens (tertiary/aromatic N) is 2. The molecule has 1 N–H and O–H groups in total. The quantitative estimate of drug-likeness (QED) is 0.832. The van der Waals surface area contributed by atoms with E-state index in [0.717, 1.165) is 24.3 Å². The van der Waals surface area contributed by atoms with Crippen LogP contribution in [-0.2, 0) is 11.3 Å². The summed E-state index contributed by atoms with van der Waals surface area (Å²) in [4.78, 5) is 3.89. The van der Waals surface area contributed by atoms with E-state index in [4.69, 9.17) is 4.74 Å². The minimum absolute atomic E-state index is 0.141. The van der Waals surface area contributed by atoms with Gasteiger partial charge in [0.1, 0.15) is 5.82 Å². The predicted molar refractivity (Wildman–Crippen MR) is 54.1 cm³/mol. The molecule has 1 aliphatic heterocycles. The molecule has 0 unspecified atom stereocenters. The Balaban J connectivity index is 1.82. The van der Waals surface area contributed by atoms with Gasteiger partial charge in [-0.3, -0.25) is 4.57 Å². The molecule has 0 saturated carbocycles. The van der Waals surface area contributed by atoms with Gasteiger partial charge in [0.2, 0.25) is 0 Å². The van der Waals surface area contributed by atoms with E-state index in [9.17, 15) is 8.78 Å². The van der Waals surface area contributed by atoms with Gasteiger partial charge in [-0.15, -0.1) is 0 Å². The molecular formula is C10H15F2N3O. The van der Waals surface area contributed by atoms with Crippen molar-refractivity contribution in [2.75, 3.05) is 19.8 Å². The number of rotatable bonds is 5. The molecule has 0 atom stereocenters. The number of alkyl halides is 2. The number of hydrogen-bond donors (Lipinski definition) is 1. The van der Waals surface area contributed by atoms with Gasteiger partial charge in [0.15, 0.2) is 0 Å². The number of nitrogens with one attached hydrogen (secondary N) is 1. The molecule has 0 spiro atoms. The second-order valence-corrected chi connectivity index (χ2v) is 4.44. The monoisotopic (exact) mass is 231 g/mol. The van der Waals surface area contributed by atoms with Crippen molar-refractivity contribution in [2.24, 2.45) is 5.41 Å². The van der Waals surface area contributed by atoms with Crippen LogP contribution in [0.25, 0.3) is 0 Å². The topological polar surface area (TPSA) is 39.1 Å². The van der Waals surface area contributed by atoms with Crippen molar-refractivity contribution in [1.82, 2.24) is 14.9 Å². The molecule has 2 rings (SSSR count). The van der Waals surface area contributed by atoms with E-state index in [1.54, 1.807) is 0 Å². The smallest absolute Gasteiger partial charge is 0.319 e. The number of ether oxygens (including phenoxy) is 1. The van der Waals surface area contributed by atoms with Gasteiger partial charge in [0, 0.05) is 24.4 Å². The Bertz CT molecular complexity index is 350. The van der Waals surface area contributed by atoms with E-state index in [2.05, 4.69) is 17.2 Å². The summed E-state index contributed by atoms with van der Waals surface area (Å²) in [5.74, 6) is 0.360. The second kappa shape index (κ2) is 4.47. The number of aromatic nitrogens is 2. The standard InChI is InChI=1S/C10H15F2N3O/c1-10(6-16-7-10)5-13-4-8-14-2-3-15(8)9(11)12/h2-3,9,13H,4-7H2,1H3. The van der Waals surface area contributed by atoms with Gasteiger partial charge in [0.05, 0.1) is 19.8 Å². The maximum absolute atomic E-state index is 12.5. The van der Waals surface area contributed by atoms with Crippen LogP contribution in [0.3, 0.4) is 0 Å². The normalized spacial score (nSPS) is 18.8. The Kier molecular flexibility index (Phi) is 3.20. The SMILES string of the molecule is CC1(CNCc2nccn2C(F)F)COC1. The lowest BCUT2D eigenvalue weighted by atomic mass is 9.89. The first-order valence-electron chi connectivity index (χ1n) is 5.19. The van der Waals surface area contributed by atoms with Crippen molar-refractivity contribution in [2.45, 2.75) is 20.0 Å². The summed E-state index contributed by atoms with van der Waals surface area (Å²) in [6.07, 6.45) is 2.67. The fraction of sp³-hybridized carbons (Fsp3) is 0.700. The number of hydrogen-bond acceptors (Lipinski definition) is 3. The first-order chi connectivity index (χ1) is 7.61. The van der Waals surface area contributed by atoms with Crippen molar-refractivity contribution in [3.05, 3.63) is 18.2 Å². The highest BCUT2D eigenvalue weighted by Gasteiger charge is 2.32. The Morgan fingerprint density at radius 3 is 2.94 bits per heavy atom. The fourth-order valence-electron chi connectivity index (χ4n) is 1.69. The van der Waals surface area contributed by atoms with Gasteiger partial charge >= 0.3 is 6.55 Å². The lowest BCUT2D eigenvalue weighted by molar-refractivity contribution is -0.0992. The largest absolute Gasteiger partial charge is 0.380 e. The van der Waals surface area contributed by atoms with Crippen LogP contribution in [-0.4, -0.2) is 29.3 Å². The lowest BCUT2D eigenvalue weighted by Gasteiger charge is -2.38. The van der Waals surface area contributed by atoms with Gasteiger partial charge < -0.3 is 10.1 Å². The lowest BCUT2D eigenvalue weighted by Crippen LogP contribution is -2.47. The van der Waals surface area contributed by atoms with Gasteiger partial charge in [-0.2, -0.15) is 8.78 Å². The van der Waals surface area contributed by atoms with Crippen LogP contribution in [0.5, 0.6) is 0 Å². The maximum atomic E-state index is 12.5. The second-order valence-electron chi connectivity index (χ2n) is 4.44. The average molecular weight is 231 g/mol. The third-order valence-corrected chi connectivity index (χ3v) is 2.70. The zero-order valence-electron chi connectivity index (χ0n) is 9.12. The molecular weight excluding hydrogens is 216 g/mol. The van der Waals surface area contributed by atoms with Crippen LogP contribution in [0.15, 0.2) is 12.4 Å². The summed E-state index contributed by atoms with van der Waals surface area (Å²) in [6, 6.07) is 0. The van der Waals surface area contributed by atoms with Crippen molar-refractivity contribution in [3.63, 3.8) is 0 Å². The molecule has 0 aromatic carbocycles. The zero-order valence-corrected chi connectivity index (χ0v) is 9.12. The Morgan fingerprint density at radius 1 is 1.62 bits per heavy atom. The van der Waals surface area contributed by atoms with Gasteiger partial charge in [-0.05, 0) is 0 Å². The predicted octanol–water partition coefficient (Wildman–Crippen LogP) is 1.40. The highest BCUT2D eigenvalue weighted by molar-refractivity contribution is 4.93. The highest BCUT2D eigenvalue weighted by Crippen LogP contribution is 2.25. The van der Waals surface area contributed by atoms with E-state index < -0.39 is 6.55 Å². The summed E-state index contributed by atoms with van der Waals surface area (Å²) >= 11 is 0. The average Bonchev–Trinajstić information content (AvgIpc) is 2.63. The minimum atomic E-state index is -2.53. The molecule has 1 saturated heterocycles. The number of imidazole rings is 1. The van der Waals surface area contributed by atoms with Crippen molar-refractivity contribution < 1.29 is 13.5 Å². The molecule has 16 heavy (non-hydrogen) atoms. The van der Waals surface area contributed by atoms with Crippen LogP contribution in [0.4, 0.5) is 8.78 Å². The number of halogens is 2. The molecule has 1 aromatic rings. The Labute approximate surface area is 92.6 Å². The van der Waals surface area contributed by atoms with Crippen LogP contribution in [0.1, 0.15) is 19.3 Å². The van der Waals surface area contributed by atoms with E-state index in [1.165, 1.54) is 12.4 Å². The molecule has 0 amide bonds. The maximum Gasteiger partial charge on any atom is 0.319 e. The highest BCUT2D eigenvalue weighted by atomic mass is 19.3. The van der Waals surface area contributed by atoms with E-state index in [1.807, 2.05) is 0 Å². The van der Waals surface area contributed by atoms with Gasteiger partial charge in [-0.25, -0.2) is 4.98 Å². The molecule has 1 fully saturated rings. The summed E-state index contributed by atoms with van der Waals surface area (Å²) in [7, 11) is 0. The molecule has 6 heteroatoms. The molecule has 0 radical (unpaired) electrons. The molecule has 2 heterocycles. The van der Waals surface area contributed by atoms with E-state index in [0.29, 0.717) is 12.4 Å². The third-order valence-electron chi connectivity index (χ3n) is 2.70. The summed E-state index contributed by atoms with van der Waals surface area (Å²) in [5, 5.41) is 3.13. The van der Waals surface area contributed by atoms with Crippen LogP contribution in [0, 0.1) is 5.41 Å². The zero-order chi connectivity index (χ0) is 11.6. The summed E-state index contributed by atoms with van der Waals surface area (Å²) < 4.78 is 30.9. The van der Waals surface area contributed by atoms with Crippen molar-refractivity contribution >= 4 is 0 Å². The Morgan fingerprint density at radius 2 is 2.38 bits per heavy atom. The van der Waals surface area contributed by atoms with Gasteiger partial charge in [0.25, 0.3) is 0 Å². The molecule has 1 aliphatic rings. The fourth-order valence-corrected chi connectivity index (χ4v) is 1.69. The first-order valence-corrected chi connectivity index (χ1v) is 5.19. The van der Waals surface area contributed by atoms with Crippen LogP contribution in [0.2, 0.25) is 0 Å². The van der Waals surface area contributed by atoms with E-state index in [-0.39, 0.29) is 5.41 Å². The third kappa shape index (κ3) is 2.38. The molecule has 1 aromatic heterocycles. The molecule has 0 bridgehead atoms.